The Labute approximate surface area is 132 Å². The van der Waals surface area contributed by atoms with Gasteiger partial charge in [0.15, 0.2) is 11.5 Å². The molecule has 0 aromatic heterocycles. The number of rotatable bonds is 9. The van der Waals surface area contributed by atoms with E-state index in [9.17, 15) is 0 Å². The van der Waals surface area contributed by atoms with E-state index < -0.39 is 0 Å². The van der Waals surface area contributed by atoms with Gasteiger partial charge in [0.1, 0.15) is 0 Å². The number of hydrogen-bond acceptors (Lipinski definition) is 4. The minimum absolute atomic E-state index is 0. The quantitative estimate of drug-likeness (QED) is 0.708. The fourth-order valence-corrected chi connectivity index (χ4v) is 1.97. The zero-order valence-electron chi connectivity index (χ0n) is 12.2. The summed E-state index contributed by atoms with van der Waals surface area (Å²) in [5.41, 5.74) is 1.06. The van der Waals surface area contributed by atoms with Crippen LogP contribution in [-0.2, 0) is 11.3 Å². The summed E-state index contributed by atoms with van der Waals surface area (Å²) in [6.07, 6.45) is 0. The van der Waals surface area contributed by atoms with Crippen molar-refractivity contribution < 1.29 is 14.2 Å². The second-order valence-corrected chi connectivity index (χ2v) is 4.35. The molecule has 1 rings (SSSR count). The Bertz CT molecular complexity index is 389. The van der Waals surface area contributed by atoms with Crippen molar-refractivity contribution >= 4 is 24.0 Å². The van der Waals surface area contributed by atoms with E-state index in [1.807, 2.05) is 26.0 Å². The molecule has 0 aliphatic heterocycles. The molecule has 0 bridgehead atoms. The van der Waals surface area contributed by atoms with E-state index in [1.54, 1.807) is 7.11 Å². The molecule has 0 aliphatic carbocycles. The van der Waals surface area contributed by atoms with Crippen LogP contribution in [0.3, 0.4) is 0 Å². The molecule has 0 radical (unpaired) electrons. The van der Waals surface area contributed by atoms with Crippen molar-refractivity contribution in [1.29, 1.82) is 0 Å². The van der Waals surface area contributed by atoms with Crippen LogP contribution in [-0.4, -0.2) is 33.5 Å². The van der Waals surface area contributed by atoms with Gasteiger partial charge in [-0.25, -0.2) is 0 Å². The van der Waals surface area contributed by atoms with Gasteiger partial charge in [0, 0.05) is 20.2 Å². The molecule has 4 nitrogen and oxygen atoms in total. The number of nitrogens with one attached hydrogen (secondary N) is 1. The van der Waals surface area contributed by atoms with Crippen LogP contribution in [0.1, 0.15) is 19.4 Å². The Kier molecular flexibility index (Phi) is 10.7. The number of hydrogen-bond donors (Lipinski definition) is 1. The van der Waals surface area contributed by atoms with Gasteiger partial charge in [-0.2, -0.15) is 0 Å². The van der Waals surface area contributed by atoms with Crippen LogP contribution in [0.5, 0.6) is 11.5 Å². The lowest BCUT2D eigenvalue weighted by atomic mass is 10.2. The first-order valence-corrected chi connectivity index (χ1v) is 6.88. The summed E-state index contributed by atoms with van der Waals surface area (Å²) in [4.78, 5) is 0. The van der Waals surface area contributed by atoms with E-state index in [1.165, 1.54) is 0 Å². The van der Waals surface area contributed by atoms with Crippen LogP contribution in [0.4, 0.5) is 0 Å². The van der Waals surface area contributed by atoms with Crippen molar-refractivity contribution in [1.82, 2.24) is 5.32 Å². The van der Waals surface area contributed by atoms with Crippen molar-refractivity contribution in [3.63, 3.8) is 0 Å². The van der Waals surface area contributed by atoms with E-state index >= 15 is 0 Å². The van der Waals surface area contributed by atoms with Crippen LogP contribution in [0.2, 0.25) is 5.02 Å². The highest BCUT2D eigenvalue weighted by Crippen LogP contribution is 2.36. The van der Waals surface area contributed by atoms with Gasteiger partial charge in [-0.15, -0.1) is 12.4 Å². The van der Waals surface area contributed by atoms with E-state index in [0.29, 0.717) is 36.3 Å². The molecule has 0 fully saturated rings. The monoisotopic (exact) mass is 323 g/mol. The molecule has 116 valence electrons. The predicted molar refractivity (Wildman–Crippen MR) is 84.6 cm³/mol. The van der Waals surface area contributed by atoms with Crippen molar-refractivity contribution in [2.75, 3.05) is 33.5 Å². The summed E-state index contributed by atoms with van der Waals surface area (Å²) >= 11 is 6.23. The van der Waals surface area contributed by atoms with Crippen molar-refractivity contribution in [2.24, 2.45) is 0 Å². The summed E-state index contributed by atoms with van der Waals surface area (Å²) in [5, 5.41) is 3.85. The van der Waals surface area contributed by atoms with E-state index in [-0.39, 0.29) is 12.4 Å². The molecule has 1 aromatic carbocycles. The van der Waals surface area contributed by atoms with E-state index in [2.05, 4.69) is 5.32 Å². The minimum Gasteiger partial charge on any atom is -0.490 e. The average molecular weight is 324 g/mol. The maximum Gasteiger partial charge on any atom is 0.179 e. The van der Waals surface area contributed by atoms with Crippen LogP contribution in [0.25, 0.3) is 0 Å². The second kappa shape index (κ2) is 11.0. The number of methoxy groups -OCH3 is 1. The minimum atomic E-state index is 0. The van der Waals surface area contributed by atoms with Gasteiger partial charge in [-0.1, -0.05) is 11.6 Å². The zero-order valence-corrected chi connectivity index (χ0v) is 13.8. The average Bonchev–Trinajstić information content (AvgIpc) is 2.39. The first-order valence-electron chi connectivity index (χ1n) is 6.50. The molecule has 6 heteroatoms. The molecule has 0 spiro atoms. The van der Waals surface area contributed by atoms with Gasteiger partial charge in [-0.3, -0.25) is 0 Å². The predicted octanol–water partition coefficient (Wildman–Crippen LogP) is 3.30. The summed E-state index contributed by atoms with van der Waals surface area (Å²) in [5.74, 6) is 1.31. The third-order valence-electron chi connectivity index (χ3n) is 2.47. The molecule has 0 saturated carbocycles. The summed E-state index contributed by atoms with van der Waals surface area (Å²) in [6.45, 7) is 7.20. The molecule has 0 heterocycles. The lowest BCUT2D eigenvalue weighted by molar-refractivity contribution is 0.199. The standard InChI is InChI=1S/C14H22ClNO3.ClH/c1-4-18-13-9-11(10-16-6-7-17-3)8-12(15)14(13)19-5-2;/h8-9,16H,4-7,10H2,1-3H3;1H. The van der Waals surface area contributed by atoms with Crippen LogP contribution in [0.15, 0.2) is 12.1 Å². The Hall–Kier alpha value is -0.680. The maximum absolute atomic E-state index is 6.23. The summed E-state index contributed by atoms with van der Waals surface area (Å²) in [7, 11) is 1.68. The molecule has 20 heavy (non-hydrogen) atoms. The topological polar surface area (TPSA) is 39.7 Å². The fraction of sp³-hybridized carbons (Fsp3) is 0.571. The van der Waals surface area contributed by atoms with Crippen molar-refractivity contribution in [3.05, 3.63) is 22.7 Å². The van der Waals surface area contributed by atoms with E-state index in [0.717, 1.165) is 18.7 Å². The van der Waals surface area contributed by atoms with Crippen LogP contribution in [0, 0.1) is 0 Å². The van der Waals surface area contributed by atoms with Gasteiger partial charge < -0.3 is 19.5 Å². The Morgan fingerprint density at radius 1 is 1.15 bits per heavy atom. The second-order valence-electron chi connectivity index (χ2n) is 3.94. The molecule has 0 aliphatic rings. The lowest BCUT2D eigenvalue weighted by Crippen LogP contribution is -2.18. The SMILES string of the molecule is CCOc1cc(CNCCOC)cc(Cl)c1OCC.Cl. The fourth-order valence-electron chi connectivity index (χ4n) is 1.68. The Balaban J connectivity index is 0.00000361. The molecule has 1 aromatic rings. The van der Waals surface area contributed by atoms with Gasteiger partial charge in [-0.05, 0) is 31.5 Å². The van der Waals surface area contributed by atoms with Gasteiger partial charge in [0.2, 0.25) is 0 Å². The number of benzene rings is 1. The van der Waals surface area contributed by atoms with Crippen molar-refractivity contribution in [2.45, 2.75) is 20.4 Å². The largest absolute Gasteiger partial charge is 0.490 e. The first kappa shape index (κ1) is 19.3. The molecule has 0 unspecified atom stereocenters. The van der Waals surface area contributed by atoms with Crippen LogP contribution >= 0.6 is 24.0 Å². The lowest BCUT2D eigenvalue weighted by Gasteiger charge is -2.14. The van der Waals surface area contributed by atoms with Crippen molar-refractivity contribution in [3.8, 4) is 11.5 Å². The number of halogens is 2. The smallest absolute Gasteiger partial charge is 0.179 e. The van der Waals surface area contributed by atoms with Crippen LogP contribution < -0.4 is 14.8 Å². The highest BCUT2D eigenvalue weighted by Gasteiger charge is 2.11. The molecule has 0 saturated heterocycles. The zero-order chi connectivity index (χ0) is 14.1. The highest BCUT2D eigenvalue weighted by molar-refractivity contribution is 6.32. The molecular weight excluding hydrogens is 301 g/mol. The highest BCUT2D eigenvalue weighted by atomic mass is 35.5. The summed E-state index contributed by atoms with van der Waals surface area (Å²) in [6, 6.07) is 3.86. The van der Waals surface area contributed by atoms with Gasteiger partial charge >= 0.3 is 0 Å². The normalized spacial score (nSPS) is 10.0. The third kappa shape index (κ3) is 6.18. The van der Waals surface area contributed by atoms with E-state index in [4.69, 9.17) is 25.8 Å². The molecular formula is C14H23Cl2NO3. The molecule has 0 amide bonds. The Morgan fingerprint density at radius 3 is 2.45 bits per heavy atom. The van der Waals surface area contributed by atoms with Gasteiger partial charge in [0.25, 0.3) is 0 Å². The third-order valence-corrected chi connectivity index (χ3v) is 2.75. The van der Waals surface area contributed by atoms with Gasteiger partial charge in [0.05, 0.1) is 24.8 Å². The summed E-state index contributed by atoms with van der Waals surface area (Å²) < 4.78 is 16.1. The number of ether oxygens (including phenoxy) is 3. The molecule has 0 atom stereocenters. The molecule has 1 N–H and O–H groups in total. The maximum atomic E-state index is 6.23. The Morgan fingerprint density at radius 2 is 1.85 bits per heavy atom. The first-order chi connectivity index (χ1) is 9.22.